The maximum absolute atomic E-state index is 12.9. The number of fused-ring (bicyclic) bond motifs is 1. The van der Waals surface area contributed by atoms with Gasteiger partial charge in [-0.15, -0.1) is 0 Å². The van der Waals surface area contributed by atoms with Crippen molar-refractivity contribution in [1.82, 2.24) is 5.01 Å². The molecule has 0 spiro atoms. The molecule has 4 rings (SSSR count). The molecule has 148 valence electrons. The first-order valence-electron chi connectivity index (χ1n) is 9.17. The quantitative estimate of drug-likeness (QED) is 0.765. The predicted octanol–water partition coefficient (Wildman–Crippen LogP) is 2.83. The van der Waals surface area contributed by atoms with Gasteiger partial charge in [0.1, 0.15) is 6.54 Å². The molecule has 9 heteroatoms. The molecule has 2 heterocycles. The molecule has 1 saturated heterocycles. The second-order valence-electron chi connectivity index (χ2n) is 6.78. The van der Waals surface area contributed by atoms with E-state index in [1.54, 1.807) is 18.2 Å². The summed E-state index contributed by atoms with van der Waals surface area (Å²) in [5, 5.41) is 12.2. The van der Waals surface area contributed by atoms with E-state index in [-0.39, 0.29) is 12.5 Å². The summed E-state index contributed by atoms with van der Waals surface area (Å²) >= 11 is 5.98. The lowest BCUT2D eigenvalue weighted by atomic mass is 10.1. The number of hydrogen-bond donors (Lipinski definition) is 1. The van der Waals surface area contributed by atoms with Gasteiger partial charge in [0.25, 0.3) is 11.8 Å². The summed E-state index contributed by atoms with van der Waals surface area (Å²) in [7, 11) is 0. The molecule has 0 aliphatic carbocycles. The zero-order valence-corrected chi connectivity index (χ0v) is 16.3. The summed E-state index contributed by atoms with van der Waals surface area (Å²) in [6.45, 7) is 1.86. The van der Waals surface area contributed by atoms with E-state index in [1.165, 1.54) is 11.1 Å². The number of amides is 3. The van der Waals surface area contributed by atoms with Crippen LogP contribution in [-0.2, 0) is 20.8 Å². The Labute approximate surface area is 172 Å². The largest absolute Gasteiger partial charge is 0.324 e. The standard InChI is InChI=1S/C20H18ClN5O3/c1-2-12-6-8-14(9-7-12)22-16(27)11-25-18-17(23-24-25)19(28)26(20(18)29)15-5-3-4-13(21)10-15/h3-10,17-18H,2,11H2,1H3,(H,22,27)/t17-,18+/m1/s1. The second kappa shape index (κ2) is 7.63. The second-order valence-corrected chi connectivity index (χ2v) is 7.22. The highest BCUT2D eigenvalue weighted by molar-refractivity contribution is 6.31. The predicted molar refractivity (Wildman–Crippen MR) is 108 cm³/mol. The lowest BCUT2D eigenvalue weighted by molar-refractivity contribution is -0.123. The van der Waals surface area contributed by atoms with Crippen LogP contribution >= 0.6 is 11.6 Å². The number of hydrogen-bond acceptors (Lipinski definition) is 6. The summed E-state index contributed by atoms with van der Waals surface area (Å²) in [4.78, 5) is 39.0. The molecular weight excluding hydrogens is 394 g/mol. The molecule has 0 radical (unpaired) electrons. The zero-order valence-electron chi connectivity index (χ0n) is 15.6. The van der Waals surface area contributed by atoms with Gasteiger partial charge in [0.15, 0.2) is 12.1 Å². The van der Waals surface area contributed by atoms with Gasteiger partial charge in [-0.3, -0.25) is 19.4 Å². The molecule has 1 N–H and O–H groups in total. The SMILES string of the molecule is CCc1ccc(NC(=O)CN2N=N[C@H]3C(=O)N(c4cccc(Cl)c4)C(=O)[C@H]32)cc1. The third-order valence-electron chi connectivity index (χ3n) is 4.88. The minimum Gasteiger partial charge on any atom is -0.324 e. The molecular formula is C20H18ClN5O3. The van der Waals surface area contributed by atoms with Crippen molar-refractivity contribution in [3.63, 3.8) is 0 Å². The van der Waals surface area contributed by atoms with Crippen LogP contribution in [0.5, 0.6) is 0 Å². The van der Waals surface area contributed by atoms with E-state index in [1.807, 2.05) is 24.3 Å². The number of aryl methyl sites for hydroxylation is 1. The molecule has 2 aliphatic rings. The van der Waals surface area contributed by atoms with E-state index in [0.717, 1.165) is 16.9 Å². The molecule has 8 nitrogen and oxygen atoms in total. The van der Waals surface area contributed by atoms with Crippen molar-refractivity contribution in [3.05, 3.63) is 59.1 Å². The van der Waals surface area contributed by atoms with Crippen LogP contribution in [0, 0.1) is 0 Å². The fourth-order valence-corrected chi connectivity index (χ4v) is 3.58. The topological polar surface area (TPSA) is 94.4 Å². The highest BCUT2D eigenvalue weighted by Crippen LogP contribution is 2.32. The Morgan fingerprint density at radius 2 is 1.90 bits per heavy atom. The van der Waals surface area contributed by atoms with Crippen LogP contribution in [0.2, 0.25) is 5.02 Å². The van der Waals surface area contributed by atoms with Crippen molar-refractivity contribution in [2.75, 3.05) is 16.8 Å². The fraction of sp³-hybridized carbons (Fsp3) is 0.250. The number of nitrogens with zero attached hydrogens (tertiary/aromatic N) is 4. The van der Waals surface area contributed by atoms with Crippen LogP contribution in [0.4, 0.5) is 11.4 Å². The van der Waals surface area contributed by atoms with Gasteiger partial charge < -0.3 is 5.32 Å². The van der Waals surface area contributed by atoms with Gasteiger partial charge in [0.2, 0.25) is 5.91 Å². The number of imide groups is 1. The average molecular weight is 412 g/mol. The third-order valence-corrected chi connectivity index (χ3v) is 5.11. The van der Waals surface area contributed by atoms with Crippen molar-refractivity contribution in [2.45, 2.75) is 25.4 Å². The van der Waals surface area contributed by atoms with Gasteiger partial charge in [-0.25, -0.2) is 4.90 Å². The van der Waals surface area contributed by atoms with E-state index in [0.29, 0.717) is 16.4 Å². The van der Waals surface area contributed by atoms with Gasteiger partial charge in [-0.1, -0.05) is 41.9 Å². The normalized spacial score (nSPS) is 20.3. The lowest BCUT2D eigenvalue weighted by Gasteiger charge is -2.20. The van der Waals surface area contributed by atoms with Crippen LogP contribution in [0.15, 0.2) is 58.9 Å². The smallest absolute Gasteiger partial charge is 0.263 e. The first kappa shape index (κ1) is 19.1. The average Bonchev–Trinajstić information content (AvgIpc) is 3.22. The lowest BCUT2D eigenvalue weighted by Crippen LogP contribution is -2.43. The molecule has 29 heavy (non-hydrogen) atoms. The van der Waals surface area contributed by atoms with E-state index < -0.39 is 23.9 Å². The monoisotopic (exact) mass is 411 g/mol. The highest BCUT2D eigenvalue weighted by Gasteiger charge is 2.55. The summed E-state index contributed by atoms with van der Waals surface area (Å²) < 4.78 is 0. The molecule has 2 atom stereocenters. The van der Waals surface area contributed by atoms with Crippen molar-refractivity contribution >= 4 is 40.7 Å². The number of nitrogens with one attached hydrogen (secondary N) is 1. The Hall–Kier alpha value is -3.26. The van der Waals surface area contributed by atoms with Crippen LogP contribution in [0.1, 0.15) is 12.5 Å². The van der Waals surface area contributed by atoms with Crippen molar-refractivity contribution in [1.29, 1.82) is 0 Å². The van der Waals surface area contributed by atoms with Crippen molar-refractivity contribution in [3.8, 4) is 0 Å². The highest BCUT2D eigenvalue weighted by atomic mass is 35.5. The van der Waals surface area contributed by atoms with E-state index in [4.69, 9.17) is 11.6 Å². The number of anilines is 2. The Morgan fingerprint density at radius 1 is 1.14 bits per heavy atom. The number of carbonyl (C=O) groups excluding carboxylic acids is 3. The molecule has 2 aliphatic heterocycles. The molecule has 0 saturated carbocycles. The van der Waals surface area contributed by atoms with Gasteiger partial charge in [-0.2, -0.15) is 5.11 Å². The summed E-state index contributed by atoms with van der Waals surface area (Å²) in [6.07, 6.45) is 0.907. The van der Waals surface area contributed by atoms with Crippen LogP contribution in [0.3, 0.4) is 0 Å². The van der Waals surface area contributed by atoms with E-state index >= 15 is 0 Å². The Kier molecular flexibility index (Phi) is 5.02. The Bertz CT molecular complexity index is 1010. The summed E-state index contributed by atoms with van der Waals surface area (Å²) in [5.74, 6) is -1.31. The van der Waals surface area contributed by atoms with Crippen molar-refractivity contribution in [2.24, 2.45) is 10.3 Å². The molecule has 0 unspecified atom stereocenters. The van der Waals surface area contributed by atoms with Gasteiger partial charge in [-0.05, 0) is 42.3 Å². The fourth-order valence-electron chi connectivity index (χ4n) is 3.39. The van der Waals surface area contributed by atoms with Crippen LogP contribution in [-0.4, -0.2) is 41.4 Å². The van der Waals surface area contributed by atoms with E-state index in [9.17, 15) is 14.4 Å². The summed E-state index contributed by atoms with van der Waals surface area (Å²) in [5.41, 5.74) is 2.18. The molecule has 1 fully saturated rings. The molecule has 3 amide bonds. The molecule has 2 aromatic rings. The van der Waals surface area contributed by atoms with Gasteiger partial charge in [0.05, 0.1) is 5.69 Å². The molecule has 0 bridgehead atoms. The minimum atomic E-state index is -0.960. The third kappa shape index (κ3) is 3.58. The molecule has 2 aromatic carbocycles. The maximum atomic E-state index is 12.9. The number of benzene rings is 2. The van der Waals surface area contributed by atoms with Gasteiger partial charge >= 0.3 is 0 Å². The van der Waals surface area contributed by atoms with E-state index in [2.05, 4.69) is 22.6 Å². The zero-order chi connectivity index (χ0) is 20.5. The number of carbonyl (C=O) groups is 3. The Balaban J connectivity index is 1.46. The maximum Gasteiger partial charge on any atom is 0.263 e. The first-order chi connectivity index (χ1) is 14.0. The Morgan fingerprint density at radius 3 is 2.59 bits per heavy atom. The first-order valence-corrected chi connectivity index (χ1v) is 9.55. The number of halogens is 1. The minimum absolute atomic E-state index is 0.192. The summed E-state index contributed by atoms with van der Waals surface area (Å²) in [6, 6.07) is 12.1. The van der Waals surface area contributed by atoms with Crippen LogP contribution < -0.4 is 10.2 Å². The van der Waals surface area contributed by atoms with Crippen LogP contribution in [0.25, 0.3) is 0 Å². The molecule has 0 aromatic heterocycles. The van der Waals surface area contributed by atoms with Gasteiger partial charge in [0, 0.05) is 10.7 Å². The number of rotatable bonds is 5. The van der Waals surface area contributed by atoms with Crippen molar-refractivity contribution < 1.29 is 14.4 Å².